The molecule has 2 N–H and O–H groups in total. The summed E-state index contributed by atoms with van der Waals surface area (Å²) in [5, 5.41) is 2.72. The summed E-state index contributed by atoms with van der Waals surface area (Å²) in [7, 11) is -2.35. The maximum absolute atomic E-state index is 12.7. The van der Waals surface area contributed by atoms with Gasteiger partial charge in [-0.15, -0.1) is 0 Å². The van der Waals surface area contributed by atoms with Crippen LogP contribution in [0.25, 0.3) is 0 Å². The molecule has 0 heterocycles. The van der Waals surface area contributed by atoms with E-state index in [4.69, 9.17) is 9.47 Å². The van der Waals surface area contributed by atoms with E-state index in [2.05, 4.69) is 10.0 Å². The van der Waals surface area contributed by atoms with Crippen molar-refractivity contribution in [1.82, 2.24) is 0 Å². The number of aryl methyl sites for hydroxylation is 1. The van der Waals surface area contributed by atoms with E-state index in [0.717, 1.165) is 5.56 Å². The summed E-state index contributed by atoms with van der Waals surface area (Å²) >= 11 is 0. The molecule has 7 nitrogen and oxygen atoms in total. The van der Waals surface area contributed by atoms with Crippen LogP contribution < -0.4 is 19.5 Å². The highest BCUT2D eigenvalue weighted by Gasteiger charge is 2.18. The summed E-state index contributed by atoms with van der Waals surface area (Å²) in [4.78, 5) is 12.5. The molecule has 1 atom stereocenters. The number of carbonyl (C=O) groups is 1. The van der Waals surface area contributed by atoms with Crippen molar-refractivity contribution < 1.29 is 22.7 Å². The number of ether oxygens (including phenoxy) is 2. The topological polar surface area (TPSA) is 93.7 Å². The molecule has 3 aromatic rings. The molecular formula is C23H24N2O5S. The predicted octanol–water partition coefficient (Wildman–Crippen LogP) is 4.21. The minimum atomic E-state index is -3.82. The number of sulfonamides is 1. The number of amides is 1. The third-order valence-corrected chi connectivity index (χ3v) is 5.84. The van der Waals surface area contributed by atoms with Gasteiger partial charge < -0.3 is 14.8 Å². The van der Waals surface area contributed by atoms with E-state index in [1.807, 2.05) is 25.1 Å². The minimum absolute atomic E-state index is 0.0560. The van der Waals surface area contributed by atoms with Gasteiger partial charge in [-0.3, -0.25) is 9.52 Å². The largest absolute Gasteiger partial charge is 0.495 e. The van der Waals surface area contributed by atoms with Crippen molar-refractivity contribution >= 4 is 27.3 Å². The molecule has 162 valence electrons. The van der Waals surface area contributed by atoms with Gasteiger partial charge in [0.25, 0.3) is 15.9 Å². The molecule has 0 aliphatic heterocycles. The van der Waals surface area contributed by atoms with Gasteiger partial charge in [-0.2, -0.15) is 0 Å². The molecule has 0 spiro atoms. The van der Waals surface area contributed by atoms with Gasteiger partial charge in [-0.05, 0) is 67.9 Å². The second-order valence-electron chi connectivity index (χ2n) is 6.90. The fraction of sp³-hybridized carbons (Fsp3) is 0.174. The Kier molecular flexibility index (Phi) is 6.81. The van der Waals surface area contributed by atoms with Crippen LogP contribution >= 0.6 is 0 Å². The van der Waals surface area contributed by atoms with Crippen LogP contribution in [-0.2, 0) is 14.8 Å². The lowest BCUT2D eigenvalue weighted by Gasteiger charge is -2.15. The van der Waals surface area contributed by atoms with Crippen LogP contribution in [0.3, 0.4) is 0 Å². The number of nitrogens with one attached hydrogen (secondary N) is 2. The van der Waals surface area contributed by atoms with E-state index in [9.17, 15) is 13.2 Å². The zero-order valence-electron chi connectivity index (χ0n) is 17.5. The Morgan fingerprint density at radius 3 is 2.35 bits per heavy atom. The molecule has 8 heteroatoms. The van der Waals surface area contributed by atoms with Crippen LogP contribution in [0.5, 0.6) is 11.5 Å². The zero-order valence-corrected chi connectivity index (χ0v) is 18.3. The smallest absolute Gasteiger partial charge is 0.265 e. The fourth-order valence-electron chi connectivity index (χ4n) is 2.84. The molecule has 31 heavy (non-hydrogen) atoms. The van der Waals surface area contributed by atoms with Gasteiger partial charge in [-0.1, -0.05) is 24.3 Å². The first-order valence-corrected chi connectivity index (χ1v) is 11.1. The van der Waals surface area contributed by atoms with E-state index < -0.39 is 16.1 Å². The van der Waals surface area contributed by atoms with Crippen LogP contribution in [-0.4, -0.2) is 27.5 Å². The van der Waals surface area contributed by atoms with Gasteiger partial charge in [0, 0.05) is 5.69 Å². The van der Waals surface area contributed by atoms with Crippen LogP contribution in [0.1, 0.15) is 12.5 Å². The summed E-state index contributed by atoms with van der Waals surface area (Å²) in [6, 6.07) is 20.0. The second kappa shape index (κ2) is 9.53. The number of anilines is 2. The lowest BCUT2D eigenvalue weighted by molar-refractivity contribution is -0.122. The van der Waals surface area contributed by atoms with Gasteiger partial charge >= 0.3 is 0 Å². The number of rotatable bonds is 8. The molecule has 3 rings (SSSR count). The lowest BCUT2D eigenvalue weighted by atomic mass is 10.2. The van der Waals surface area contributed by atoms with E-state index in [1.165, 1.54) is 31.4 Å². The summed E-state index contributed by atoms with van der Waals surface area (Å²) in [6.07, 6.45) is -0.725. The molecule has 0 aromatic heterocycles. The summed E-state index contributed by atoms with van der Waals surface area (Å²) in [5.41, 5.74) is 1.83. The monoisotopic (exact) mass is 440 g/mol. The first-order chi connectivity index (χ1) is 14.8. The maximum atomic E-state index is 12.7. The Balaban J connectivity index is 1.65. The Morgan fingerprint density at radius 1 is 0.968 bits per heavy atom. The highest BCUT2D eigenvalue weighted by Crippen LogP contribution is 2.26. The SMILES string of the molecule is COc1ccccc1NS(=O)(=O)c1ccc(NC(=O)[C@@H](C)Oc2cccc(C)c2)cc1. The number of hydrogen-bond acceptors (Lipinski definition) is 5. The second-order valence-corrected chi connectivity index (χ2v) is 8.58. The predicted molar refractivity (Wildman–Crippen MR) is 120 cm³/mol. The van der Waals surface area contributed by atoms with E-state index in [-0.39, 0.29) is 10.8 Å². The molecule has 0 saturated carbocycles. The van der Waals surface area contributed by atoms with E-state index in [1.54, 1.807) is 37.3 Å². The first-order valence-electron chi connectivity index (χ1n) is 9.58. The Labute approximate surface area is 182 Å². The molecular weight excluding hydrogens is 416 g/mol. The molecule has 0 radical (unpaired) electrons. The van der Waals surface area contributed by atoms with Gasteiger partial charge in [0.05, 0.1) is 17.7 Å². The van der Waals surface area contributed by atoms with Crippen LogP contribution in [0.4, 0.5) is 11.4 Å². The van der Waals surface area contributed by atoms with Gasteiger partial charge in [0.2, 0.25) is 0 Å². The van der Waals surface area contributed by atoms with Gasteiger partial charge in [0.1, 0.15) is 11.5 Å². The molecule has 0 aliphatic rings. The van der Waals surface area contributed by atoms with Crippen molar-refractivity contribution in [3.8, 4) is 11.5 Å². The van der Waals surface area contributed by atoms with Crippen molar-refractivity contribution in [1.29, 1.82) is 0 Å². The van der Waals surface area contributed by atoms with Gasteiger partial charge in [-0.25, -0.2) is 8.42 Å². The van der Waals surface area contributed by atoms with E-state index >= 15 is 0 Å². The molecule has 0 aliphatic carbocycles. The fourth-order valence-corrected chi connectivity index (χ4v) is 3.91. The highest BCUT2D eigenvalue weighted by molar-refractivity contribution is 7.92. The van der Waals surface area contributed by atoms with E-state index in [0.29, 0.717) is 22.9 Å². The quantitative estimate of drug-likeness (QED) is 0.547. The average Bonchev–Trinajstić information content (AvgIpc) is 2.74. The normalized spacial score (nSPS) is 12.0. The van der Waals surface area contributed by atoms with Gasteiger partial charge in [0.15, 0.2) is 6.10 Å². The average molecular weight is 441 g/mol. The summed E-state index contributed by atoms with van der Waals surface area (Å²) in [5.74, 6) is 0.674. The number of para-hydroxylation sites is 2. The molecule has 0 unspecified atom stereocenters. The zero-order chi connectivity index (χ0) is 22.4. The van der Waals surface area contributed by atoms with Crippen molar-refractivity contribution in [2.45, 2.75) is 24.8 Å². The molecule has 1 amide bonds. The minimum Gasteiger partial charge on any atom is -0.495 e. The Hall–Kier alpha value is -3.52. The Morgan fingerprint density at radius 2 is 1.68 bits per heavy atom. The van der Waals surface area contributed by atoms with Crippen molar-refractivity contribution in [2.75, 3.05) is 17.1 Å². The number of carbonyl (C=O) groups excluding carboxylic acids is 1. The number of methoxy groups -OCH3 is 1. The summed E-state index contributed by atoms with van der Waals surface area (Å²) in [6.45, 7) is 3.59. The molecule has 0 bridgehead atoms. The molecule has 0 saturated heterocycles. The van der Waals surface area contributed by atoms with Crippen LogP contribution in [0.2, 0.25) is 0 Å². The Bertz CT molecular complexity index is 1160. The first kappa shape index (κ1) is 22.2. The standard InChI is InChI=1S/C23H24N2O5S/c1-16-7-6-8-19(15-16)30-17(2)23(26)24-18-11-13-20(14-12-18)31(27,28)25-21-9-4-5-10-22(21)29-3/h4-15,17,25H,1-3H3,(H,24,26)/t17-/m1/s1. The highest BCUT2D eigenvalue weighted by atomic mass is 32.2. The van der Waals surface area contributed by atoms with Crippen LogP contribution in [0.15, 0.2) is 77.7 Å². The molecule has 3 aromatic carbocycles. The van der Waals surface area contributed by atoms with Crippen molar-refractivity contribution in [3.05, 3.63) is 78.4 Å². The van der Waals surface area contributed by atoms with Crippen molar-refractivity contribution in [3.63, 3.8) is 0 Å². The van der Waals surface area contributed by atoms with Crippen molar-refractivity contribution in [2.24, 2.45) is 0 Å². The van der Waals surface area contributed by atoms with Crippen LogP contribution in [0, 0.1) is 6.92 Å². The lowest BCUT2D eigenvalue weighted by Crippen LogP contribution is -2.30. The summed E-state index contributed by atoms with van der Waals surface area (Å²) < 4.78 is 38.7. The maximum Gasteiger partial charge on any atom is 0.265 e. The number of benzene rings is 3. The number of hydrogen-bond donors (Lipinski definition) is 2. The third-order valence-electron chi connectivity index (χ3n) is 4.46. The third kappa shape index (κ3) is 5.76. The molecule has 0 fully saturated rings.